The summed E-state index contributed by atoms with van der Waals surface area (Å²) in [6, 6.07) is 9.51. The van der Waals surface area contributed by atoms with Gasteiger partial charge in [-0.15, -0.1) is 0 Å². The van der Waals surface area contributed by atoms with Crippen LogP contribution in [0, 0.1) is 11.8 Å². The fourth-order valence-electron chi connectivity index (χ4n) is 14.7. The maximum atomic E-state index is 14.5. The number of amides is 3. The molecule has 24 N–H and O–H groups in total. The van der Waals surface area contributed by atoms with Gasteiger partial charge < -0.3 is 199 Å². The van der Waals surface area contributed by atoms with Crippen LogP contribution >= 0.6 is 7.92 Å². The van der Waals surface area contributed by atoms with Gasteiger partial charge >= 0.3 is 59.1 Å². The van der Waals surface area contributed by atoms with E-state index in [0.29, 0.717) is 0 Å². The smallest absolute Gasteiger partial charge is 0.744 e. The van der Waals surface area contributed by atoms with E-state index in [9.17, 15) is 148 Å². The van der Waals surface area contributed by atoms with Gasteiger partial charge in [0.2, 0.25) is 17.7 Å². The number of nitrogens with one attached hydrogen (secondary N) is 3. The number of hydrogen-bond donors (Lipinski definition) is 24. The second kappa shape index (κ2) is 45.1. The molecule has 3 amide bonds. The zero-order chi connectivity index (χ0) is 85.6. The van der Waals surface area contributed by atoms with E-state index >= 15 is 0 Å². The van der Waals surface area contributed by atoms with Crippen LogP contribution in [0.1, 0.15) is 26.2 Å². The molecule has 2 aromatic carbocycles. The largest absolute Gasteiger partial charge is 1.00 e. The van der Waals surface area contributed by atoms with Crippen molar-refractivity contribution in [3.63, 3.8) is 0 Å². The standard InChI is InChI=1S/C67H102N3O44PS2.2Na/c1-24(14-25(8-9-37(78)68-10-12-71)60(94)69-11-13-115(26-4-2-6-28(15-26)116(95,96)97)27-5-3-7-29(16-27)117(98,99)100)59(93)70-17-30-52-38(79)45(86)61(101-30)109-53-31(18-72)103-63(47(88)40(53)81)111-55-33(20-74)105-65(49(90)42(55)83)113-57-35(22-76)107-67(51(92)44(57)85)114-58-36(23-77)106-66(50(91)43(58)84)112-56-34(21-75)104-64(48(89)41(56)82)110-54-32(19-73)102-62(108-52)46(87)39(54)80;;/h2-7,15-16,24-25,30-36,38-58,61-67,71-77,79-92H,8-14,17-23H2,1H3,(H,68,78)(H,69,94)(H,70,93)(H,95,96,97)(H,98,99,100);;/q;2*+1/p-2/t24?,25?,30-,31-,32-,33-,34-,35-,36-,38-,39-,40-,41-,42-,43-,44-,45-,46-,47-,48-,49-,50-,51-,52-,53-,54-,55-,56-,57-,58-,61-,62-,63-,64-,65-,66-,67-;;/m1../s1. The molecule has 2 unspecified atom stereocenters. The number of carbonyl (C=O) groups is 3. The van der Waals surface area contributed by atoms with Crippen molar-refractivity contribution in [1.29, 1.82) is 0 Å². The summed E-state index contributed by atoms with van der Waals surface area (Å²) >= 11 is 0. The zero-order valence-corrected chi connectivity index (χ0v) is 70.5. The topological polar surface area (TPSA) is 756 Å². The minimum atomic E-state index is -5.05. The van der Waals surface area contributed by atoms with E-state index in [4.69, 9.17) is 66.3 Å². The molecule has 666 valence electrons. The van der Waals surface area contributed by atoms with Crippen molar-refractivity contribution < 1.29 is 273 Å². The van der Waals surface area contributed by atoms with Crippen molar-refractivity contribution in [2.45, 2.75) is 251 Å². The van der Waals surface area contributed by atoms with Gasteiger partial charge in [0.25, 0.3) is 0 Å². The molecular weight excluding hydrogens is 1690 g/mol. The van der Waals surface area contributed by atoms with Gasteiger partial charge in [-0.2, -0.15) is 0 Å². The molecule has 23 rings (SSSR count). The maximum Gasteiger partial charge on any atom is 1.00 e. The first kappa shape index (κ1) is 102. The summed E-state index contributed by atoms with van der Waals surface area (Å²) < 4.78 is 154. The molecule has 21 fully saturated rings. The third kappa shape index (κ3) is 24.0. The van der Waals surface area contributed by atoms with Gasteiger partial charge in [0, 0.05) is 37.9 Å². The second-order valence-electron chi connectivity index (χ2n) is 29.0. The summed E-state index contributed by atoms with van der Waals surface area (Å²) in [7, 11) is -12.0. The number of rotatable bonds is 24. The number of carbonyl (C=O) groups excluding carboxylic acids is 3. The Bertz CT molecular complexity index is 3710. The van der Waals surface area contributed by atoms with E-state index in [2.05, 4.69) is 16.0 Å². The molecule has 0 saturated carbocycles. The van der Waals surface area contributed by atoms with Gasteiger partial charge in [-0.25, -0.2) is 16.8 Å². The monoisotopic (exact) mass is 1790 g/mol. The van der Waals surface area contributed by atoms with Gasteiger partial charge in [-0.1, -0.05) is 31.2 Å². The van der Waals surface area contributed by atoms with Gasteiger partial charge in [-0.3, -0.25) is 14.4 Å². The van der Waals surface area contributed by atoms with Crippen molar-refractivity contribution in [2.24, 2.45) is 11.8 Å². The van der Waals surface area contributed by atoms with E-state index in [1.54, 1.807) is 0 Å². The second-order valence-corrected chi connectivity index (χ2v) is 34.1. The Hall–Kier alpha value is -2.30. The molecule has 47 nitrogen and oxygen atoms in total. The molecule has 0 spiro atoms. The number of benzene rings is 2. The van der Waals surface area contributed by atoms with Crippen molar-refractivity contribution in [3.8, 4) is 0 Å². The van der Waals surface area contributed by atoms with Gasteiger partial charge in [-0.05, 0) is 61.8 Å². The molecule has 21 aliphatic rings. The van der Waals surface area contributed by atoms with Crippen LogP contribution in [0.2, 0.25) is 0 Å². The minimum Gasteiger partial charge on any atom is -0.744 e. The fraction of sp³-hybridized carbons (Fsp3) is 0.776. The van der Waals surface area contributed by atoms with E-state index in [1.807, 2.05) is 0 Å². The van der Waals surface area contributed by atoms with E-state index in [-0.39, 0.29) is 102 Å². The third-order valence-electron chi connectivity index (χ3n) is 21.2. The van der Waals surface area contributed by atoms with E-state index in [1.165, 1.54) is 31.2 Å². The number of hydrogen-bond acceptors (Lipinski definition) is 44. The fourth-order valence-corrected chi connectivity index (χ4v) is 18.2. The minimum absolute atomic E-state index is 0. The Morgan fingerprint density at radius 3 is 0.933 bits per heavy atom. The molecule has 37 atom stereocenters. The summed E-state index contributed by atoms with van der Waals surface area (Å²) in [5, 5.41) is 245. The predicted molar refractivity (Wildman–Crippen MR) is 374 cm³/mol. The summed E-state index contributed by atoms with van der Waals surface area (Å²) in [6.07, 6.45) is -76.3. The van der Waals surface area contributed by atoms with Crippen LogP contribution in [0.25, 0.3) is 0 Å². The normalized spacial score (nSPS) is 40.5. The zero-order valence-electron chi connectivity index (χ0n) is 63.9. The first-order valence-electron chi connectivity index (χ1n) is 37.1. The Morgan fingerprint density at radius 1 is 0.387 bits per heavy atom. The van der Waals surface area contributed by atoms with Gasteiger partial charge in [0.05, 0.1) is 56.0 Å². The van der Waals surface area contributed by atoms with Gasteiger partial charge in [0.15, 0.2) is 44.0 Å². The maximum absolute atomic E-state index is 14.5. The molecule has 119 heavy (non-hydrogen) atoms. The Labute approximate surface area is 724 Å². The van der Waals surface area contributed by atoms with Crippen LogP contribution in [-0.4, -0.2) is 438 Å². The molecule has 14 bridgehead atoms. The number of aliphatic hydroxyl groups excluding tert-OH is 21. The quantitative estimate of drug-likeness (QED) is 0.0264. The van der Waals surface area contributed by atoms with E-state index < -0.39 is 342 Å². The Kier molecular flexibility index (Phi) is 38.7. The average molecular weight is 1790 g/mol. The van der Waals surface area contributed by atoms with Gasteiger partial charge in [0.1, 0.15) is 191 Å². The Balaban J connectivity index is 0.00000882. The predicted octanol–water partition coefficient (Wildman–Crippen LogP) is -21.5. The van der Waals surface area contributed by atoms with Crippen LogP contribution < -0.4 is 85.7 Å². The Morgan fingerprint density at radius 2 is 0.664 bits per heavy atom. The summed E-state index contributed by atoms with van der Waals surface area (Å²) in [6.45, 7) is -7.37. The number of aliphatic hydroxyl groups is 21. The SMILES string of the molecule is CC(CC(CCC(=O)NCCO)C(=O)NCCP(c1cccc(S(=O)(=O)[O-])c1)c1cccc(S(=O)(=O)[O-])c1)C(=O)NC[C@H]1O[C@@H]2O[C@H]3[C@H](O)[C@@H](O)[C@@H](O[C@H]4[C@H](O)[C@@H](O)[C@@H](O[C@H]5[C@H](O)[C@@H](O)[C@@H](O[C@H]6[C@H](O)[C@@H](O)[C@@H](O[C@H]7[C@H](O)[C@@H](O)[C@@H](O[C@H]8[C@H](O)[C@@H](O)[C@@H](O[C@H]1[C@H](O)[C@H]2O)O[C@@H]8CO)O[C@@H]7CO)O[C@@H]6CO)O[C@@H]5CO)O[C@@H]4CO)O[C@@H]3CO.[Na+].[Na+]. The van der Waals surface area contributed by atoms with Crippen molar-refractivity contribution in [1.82, 2.24) is 16.0 Å². The van der Waals surface area contributed by atoms with Crippen LogP contribution in [0.5, 0.6) is 0 Å². The number of ether oxygens (including phenoxy) is 14. The molecule has 21 saturated heterocycles. The average Bonchev–Trinajstić information content (AvgIpc) is 0.821. The van der Waals surface area contributed by atoms with Crippen molar-refractivity contribution in [2.75, 3.05) is 72.0 Å². The molecule has 52 heteroatoms. The van der Waals surface area contributed by atoms with Crippen LogP contribution in [0.4, 0.5) is 0 Å². The van der Waals surface area contributed by atoms with Crippen LogP contribution in [-0.2, 0) is 101 Å². The molecule has 0 aliphatic carbocycles. The molecule has 0 radical (unpaired) electrons. The van der Waals surface area contributed by atoms with Crippen molar-refractivity contribution in [3.05, 3.63) is 48.5 Å². The van der Waals surface area contributed by atoms with Crippen LogP contribution in [0.15, 0.2) is 58.3 Å². The summed E-state index contributed by atoms with van der Waals surface area (Å²) in [5.74, 6) is -4.92. The van der Waals surface area contributed by atoms with E-state index in [0.717, 1.165) is 24.3 Å². The first-order chi connectivity index (χ1) is 55.4. The van der Waals surface area contributed by atoms with Crippen LogP contribution in [0.3, 0.4) is 0 Å². The van der Waals surface area contributed by atoms with Crippen molar-refractivity contribution >= 4 is 56.5 Å². The third-order valence-corrected chi connectivity index (χ3v) is 25.3. The molecule has 21 heterocycles. The summed E-state index contributed by atoms with van der Waals surface area (Å²) in [5.41, 5.74) is 0. The molecule has 21 aliphatic heterocycles. The summed E-state index contributed by atoms with van der Waals surface area (Å²) in [4.78, 5) is 40.5. The molecule has 2 aromatic rings. The molecular formula is C67H100N3Na2O44PS2. The first-order valence-corrected chi connectivity index (χ1v) is 41.4. The molecule has 0 aromatic heterocycles.